The highest BCUT2D eigenvalue weighted by Crippen LogP contribution is 2.22. The van der Waals surface area contributed by atoms with E-state index in [1.54, 1.807) is 51.2 Å². The van der Waals surface area contributed by atoms with Crippen molar-refractivity contribution in [3.05, 3.63) is 103 Å². The van der Waals surface area contributed by atoms with Gasteiger partial charge < -0.3 is 24.8 Å². The highest BCUT2D eigenvalue weighted by Gasteiger charge is 2.26. The van der Waals surface area contributed by atoms with E-state index in [1.807, 2.05) is 35.1 Å². The molecule has 2 fully saturated rings. The lowest BCUT2D eigenvalue weighted by Gasteiger charge is -2.12. The summed E-state index contributed by atoms with van der Waals surface area (Å²) in [6, 6.07) is 9.28. The van der Waals surface area contributed by atoms with Crippen LogP contribution in [0.3, 0.4) is 0 Å². The summed E-state index contributed by atoms with van der Waals surface area (Å²) in [4.78, 5) is 44.2. The molecule has 0 aliphatic carbocycles. The van der Waals surface area contributed by atoms with Gasteiger partial charge in [0.15, 0.2) is 41.1 Å². The average Bonchev–Trinajstić information content (AvgIpc) is 3.99. The van der Waals surface area contributed by atoms with Crippen molar-refractivity contribution >= 4 is 23.1 Å². The van der Waals surface area contributed by atoms with Crippen LogP contribution < -0.4 is 10.6 Å². The van der Waals surface area contributed by atoms with Crippen LogP contribution in [0, 0.1) is 34.5 Å². The van der Waals surface area contributed by atoms with Gasteiger partial charge in [-0.25, -0.2) is 33.2 Å². The van der Waals surface area contributed by atoms with Gasteiger partial charge in [-0.2, -0.15) is 15.6 Å². The quantitative estimate of drug-likeness (QED) is 0.243. The molecule has 6 aromatic rings. The zero-order valence-electron chi connectivity index (χ0n) is 27.4. The first kappa shape index (κ1) is 33.5. The van der Waals surface area contributed by atoms with Gasteiger partial charge in [0.2, 0.25) is 0 Å². The topological polar surface area (TPSA) is 186 Å². The first-order chi connectivity index (χ1) is 25.3. The van der Waals surface area contributed by atoms with Crippen molar-refractivity contribution in [1.29, 1.82) is 10.5 Å². The van der Waals surface area contributed by atoms with Crippen LogP contribution in [-0.4, -0.2) is 93.8 Å². The third kappa shape index (κ3) is 7.15. The molecule has 8 rings (SSSR count). The number of aromatic nitrogens is 7. The monoisotopic (exact) mass is 701 g/mol. The summed E-state index contributed by atoms with van der Waals surface area (Å²) in [5, 5.41) is 27.2. The minimum atomic E-state index is -0.717. The van der Waals surface area contributed by atoms with Crippen molar-refractivity contribution in [2.24, 2.45) is 0 Å². The summed E-state index contributed by atoms with van der Waals surface area (Å²) < 4.78 is 32.3. The Balaban J connectivity index is 0.000000162. The van der Waals surface area contributed by atoms with E-state index in [0.717, 1.165) is 11.2 Å². The lowest BCUT2D eigenvalue weighted by Crippen LogP contribution is -2.37. The van der Waals surface area contributed by atoms with Gasteiger partial charge in [-0.3, -0.25) is 9.59 Å². The van der Waals surface area contributed by atoms with Crippen molar-refractivity contribution in [1.82, 2.24) is 54.4 Å². The van der Waals surface area contributed by atoms with E-state index in [4.69, 9.17) is 10.5 Å². The second-order valence-corrected chi connectivity index (χ2v) is 12.2. The van der Waals surface area contributed by atoms with E-state index in [1.165, 1.54) is 24.5 Å². The van der Waals surface area contributed by atoms with E-state index in [2.05, 4.69) is 35.7 Å². The summed E-state index contributed by atoms with van der Waals surface area (Å²) in [6.45, 7) is 2.04. The Labute approximate surface area is 294 Å². The van der Waals surface area contributed by atoms with Crippen LogP contribution in [0.25, 0.3) is 33.7 Å². The van der Waals surface area contributed by atoms with Gasteiger partial charge in [-0.1, -0.05) is 0 Å². The minimum Gasteiger partial charge on any atom is -0.346 e. The molecule has 52 heavy (non-hydrogen) atoms. The average molecular weight is 702 g/mol. The molecule has 0 saturated carbocycles. The van der Waals surface area contributed by atoms with Gasteiger partial charge in [0.05, 0.1) is 11.9 Å². The smallest absolute Gasteiger partial charge is 0.273 e. The lowest BCUT2D eigenvalue weighted by molar-refractivity contribution is 0.0920. The molecule has 15 nitrogen and oxygen atoms in total. The van der Waals surface area contributed by atoms with Gasteiger partial charge >= 0.3 is 0 Å². The number of hydrogen-bond donors (Lipinski definition) is 2. The summed E-state index contributed by atoms with van der Waals surface area (Å²) >= 11 is 0. The standard InChI is InChI=1S/C18H15FN6O.C17H14FN7O/c19-15-7-13(12-1-2-16-21-4-6-25(16)9-12)8-22-17(15)18(26)23-14-3-5-24(10-14)11-20;18-13-7-11(14-3-6-25-15(23-14)1-4-21-25)8-20-16(13)17(26)22-12-2-5-24(9-12)10-19/h1-2,4,6-9,14H,3,5,10H2,(H,23,26);1,3-4,6-8,12H,2,5,9H2,(H,22,26)/t14-;12-/m11/s1. The van der Waals surface area contributed by atoms with Crippen molar-refractivity contribution in [3.8, 4) is 34.8 Å². The minimum absolute atomic E-state index is 0.174. The highest BCUT2D eigenvalue weighted by molar-refractivity contribution is 5.93. The zero-order valence-corrected chi connectivity index (χ0v) is 27.4. The number of carbonyl (C=O) groups is 2. The van der Waals surface area contributed by atoms with Gasteiger partial charge in [0.25, 0.3) is 11.8 Å². The van der Waals surface area contributed by atoms with Crippen LogP contribution in [0.1, 0.15) is 33.8 Å². The Morgan fingerprint density at radius 1 is 0.750 bits per heavy atom. The molecule has 2 atom stereocenters. The van der Waals surface area contributed by atoms with E-state index >= 15 is 0 Å². The fraction of sp³-hybridized carbons (Fsp3) is 0.229. The van der Waals surface area contributed by atoms with E-state index in [-0.39, 0.29) is 23.5 Å². The number of nitrogens with zero attached hydrogens (tertiary/aromatic N) is 11. The van der Waals surface area contributed by atoms with Gasteiger partial charge in [-0.05, 0) is 43.2 Å². The van der Waals surface area contributed by atoms with Gasteiger partial charge in [-0.15, -0.1) is 0 Å². The highest BCUT2D eigenvalue weighted by atomic mass is 19.1. The number of likely N-dealkylation sites (tertiary alicyclic amines) is 2. The number of amides is 2. The predicted octanol–water partition coefficient (Wildman–Crippen LogP) is 3.04. The molecule has 0 radical (unpaired) electrons. The number of fused-ring (bicyclic) bond motifs is 2. The maximum atomic E-state index is 14.5. The van der Waals surface area contributed by atoms with Crippen LogP contribution in [0.2, 0.25) is 0 Å². The van der Waals surface area contributed by atoms with Crippen LogP contribution in [0.4, 0.5) is 8.78 Å². The predicted molar refractivity (Wildman–Crippen MR) is 181 cm³/mol. The Bertz CT molecular complexity index is 2210. The molecule has 8 heterocycles. The van der Waals surface area contributed by atoms with Crippen LogP contribution >= 0.6 is 0 Å². The normalized spacial score (nSPS) is 16.6. The number of hydrogen-bond acceptors (Lipinski definition) is 11. The van der Waals surface area contributed by atoms with Crippen molar-refractivity contribution in [2.75, 3.05) is 26.2 Å². The molecule has 2 amide bonds. The van der Waals surface area contributed by atoms with E-state index in [9.17, 15) is 18.4 Å². The molecule has 0 spiro atoms. The van der Waals surface area contributed by atoms with Crippen LogP contribution in [0.15, 0.2) is 79.8 Å². The molecule has 2 aliphatic heterocycles. The maximum absolute atomic E-state index is 14.5. The summed E-state index contributed by atoms with van der Waals surface area (Å²) in [7, 11) is 0. The Morgan fingerprint density at radius 2 is 1.38 bits per heavy atom. The van der Waals surface area contributed by atoms with Crippen LogP contribution in [0.5, 0.6) is 0 Å². The summed E-state index contributed by atoms with van der Waals surface area (Å²) in [5.41, 5.74) is 3.27. The number of carbonyl (C=O) groups excluding carboxylic acids is 2. The number of nitriles is 2. The van der Waals surface area contributed by atoms with Gasteiger partial charge in [0.1, 0.15) is 5.65 Å². The number of imidazole rings is 1. The Kier molecular flexibility index (Phi) is 9.31. The van der Waals surface area contributed by atoms with Gasteiger partial charge in [0, 0.05) is 98.2 Å². The molecule has 260 valence electrons. The fourth-order valence-electron chi connectivity index (χ4n) is 6.02. The Morgan fingerprint density at radius 3 is 2.00 bits per heavy atom. The molecule has 0 unspecified atom stereocenters. The maximum Gasteiger partial charge on any atom is 0.273 e. The molecule has 0 aromatic carbocycles. The number of pyridine rings is 3. The molecular weight excluding hydrogens is 672 g/mol. The van der Waals surface area contributed by atoms with Crippen LogP contribution in [-0.2, 0) is 0 Å². The molecule has 0 bridgehead atoms. The number of rotatable bonds is 6. The SMILES string of the molecule is N#CN1CC[C@@H](NC(=O)c2ncc(-c3ccc4nccn4c3)cc2F)C1.N#CN1CC[C@@H](NC(=O)c2ncc(-c3ccn4nccc4n3)cc2F)C1. The summed E-state index contributed by atoms with van der Waals surface area (Å²) in [5.74, 6) is -2.55. The molecule has 2 saturated heterocycles. The molecule has 17 heteroatoms. The molecular formula is C35H29F2N13O2. The second-order valence-electron chi connectivity index (χ2n) is 12.2. The van der Waals surface area contributed by atoms with Crippen molar-refractivity contribution in [3.63, 3.8) is 0 Å². The second kappa shape index (κ2) is 14.5. The zero-order chi connectivity index (χ0) is 36.2. The molecule has 2 aliphatic rings. The molecule has 2 N–H and O–H groups in total. The lowest BCUT2D eigenvalue weighted by atomic mass is 10.1. The van der Waals surface area contributed by atoms with Crippen molar-refractivity contribution in [2.45, 2.75) is 24.9 Å². The Hall–Kier alpha value is -7.01. The van der Waals surface area contributed by atoms with Crippen molar-refractivity contribution < 1.29 is 18.4 Å². The number of halogens is 2. The largest absolute Gasteiger partial charge is 0.346 e. The first-order valence-electron chi connectivity index (χ1n) is 16.2. The first-order valence-corrected chi connectivity index (χ1v) is 16.2. The third-order valence-electron chi connectivity index (χ3n) is 8.72. The fourth-order valence-corrected chi connectivity index (χ4v) is 6.02. The third-order valence-corrected chi connectivity index (χ3v) is 8.72. The number of nitrogens with one attached hydrogen (secondary N) is 2. The summed E-state index contributed by atoms with van der Waals surface area (Å²) in [6.07, 6.45) is 16.9. The molecule has 6 aromatic heterocycles. The van der Waals surface area contributed by atoms with E-state index < -0.39 is 23.4 Å². The van der Waals surface area contributed by atoms with E-state index in [0.29, 0.717) is 61.5 Å².